The molecule has 5 heteroatoms. The van der Waals surface area contributed by atoms with Gasteiger partial charge >= 0.3 is 0 Å². The van der Waals surface area contributed by atoms with Gasteiger partial charge in [0.25, 0.3) is 5.91 Å². The van der Waals surface area contributed by atoms with E-state index in [4.69, 9.17) is 5.26 Å². The van der Waals surface area contributed by atoms with Gasteiger partial charge in [-0.05, 0) is 24.1 Å². The van der Waals surface area contributed by atoms with E-state index in [0.717, 1.165) is 6.42 Å². The minimum Gasteiger partial charge on any atom is -0.351 e. The van der Waals surface area contributed by atoms with Crippen molar-refractivity contribution < 1.29 is 4.79 Å². The van der Waals surface area contributed by atoms with Gasteiger partial charge in [0.1, 0.15) is 11.6 Å². The number of carbonyl (C=O) groups excluding carboxylic acids is 1. The van der Waals surface area contributed by atoms with Crippen LogP contribution in [0.5, 0.6) is 0 Å². The normalized spacial score (nSPS) is 10.7. The SMILES string of the molecule is CCCNC(=O)C(C#N)=Cc1cc[nH]c(=O)c1. The molecule has 0 atom stereocenters. The van der Waals surface area contributed by atoms with Gasteiger partial charge in [0.15, 0.2) is 0 Å². The van der Waals surface area contributed by atoms with Crippen LogP contribution in [0.1, 0.15) is 18.9 Å². The van der Waals surface area contributed by atoms with Crippen LogP contribution in [-0.4, -0.2) is 17.4 Å². The number of pyridine rings is 1. The van der Waals surface area contributed by atoms with Gasteiger partial charge < -0.3 is 10.3 Å². The zero-order chi connectivity index (χ0) is 12.7. The van der Waals surface area contributed by atoms with E-state index in [1.165, 1.54) is 18.3 Å². The fourth-order valence-corrected chi connectivity index (χ4v) is 1.20. The van der Waals surface area contributed by atoms with Gasteiger partial charge in [-0.2, -0.15) is 5.26 Å². The first-order valence-corrected chi connectivity index (χ1v) is 5.26. The number of aromatic nitrogens is 1. The molecule has 0 bridgehead atoms. The average molecular weight is 231 g/mol. The number of rotatable bonds is 4. The van der Waals surface area contributed by atoms with Gasteiger partial charge in [-0.15, -0.1) is 0 Å². The van der Waals surface area contributed by atoms with Crippen molar-refractivity contribution >= 4 is 12.0 Å². The molecule has 0 fully saturated rings. The third-order valence-electron chi connectivity index (χ3n) is 2.01. The van der Waals surface area contributed by atoms with Crippen LogP contribution in [0.2, 0.25) is 0 Å². The van der Waals surface area contributed by atoms with Crippen molar-refractivity contribution in [2.45, 2.75) is 13.3 Å². The lowest BCUT2D eigenvalue weighted by Crippen LogP contribution is -2.25. The summed E-state index contributed by atoms with van der Waals surface area (Å²) in [6.45, 7) is 2.44. The first-order chi connectivity index (χ1) is 8.17. The Bertz CT molecular complexity index is 523. The summed E-state index contributed by atoms with van der Waals surface area (Å²) in [6.07, 6.45) is 3.66. The molecule has 0 aliphatic heterocycles. The maximum absolute atomic E-state index is 11.5. The number of hydrogen-bond acceptors (Lipinski definition) is 3. The Morgan fingerprint density at radius 1 is 1.65 bits per heavy atom. The number of nitrogens with one attached hydrogen (secondary N) is 2. The van der Waals surface area contributed by atoms with Gasteiger partial charge in [-0.25, -0.2) is 0 Å². The molecular weight excluding hydrogens is 218 g/mol. The number of hydrogen-bond donors (Lipinski definition) is 2. The highest BCUT2D eigenvalue weighted by atomic mass is 16.1. The smallest absolute Gasteiger partial charge is 0.261 e. The number of carbonyl (C=O) groups is 1. The van der Waals surface area contributed by atoms with Crippen LogP contribution in [0.4, 0.5) is 0 Å². The Morgan fingerprint density at radius 2 is 2.41 bits per heavy atom. The molecular formula is C12H13N3O2. The second-order valence-electron chi connectivity index (χ2n) is 3.41. The molecule has 0 saturated heterocycles. The van der Waals surface area contributed by atoms with E-state index >= 15 is 0 Å². The third-order valence-corrected chi connectivity index (χ3v) is 2.01. The Kier molecular flexibility index (Phi) is 4.70. The molecule has 0 spiro atoms. The first kappa shape index (κ1) is 12.7. The monoisotopic (exact) mass is 231 g/mol. The molecule has 1 aromatic heterocycles. The summed E-state index contributed by atoms with van der Waals surface area (Å²) < 4.78 is 0. The molecule has 0 aliphatic carbocycles. The predicted octanol–water partition coefficient (Wildman–Crippen LogP) is 0.808. The summed E-state index contributed by atoms with van der Waals surface area (Å²) >= 11 is 0. The van der Waals surface area contributed by atoms with Crippen molar-refractivity contribution in [1.82, 2.24) is 10.3 Å². The van der Waals surface area contributed by atoms with Crippen LogP contribution in [0.25, 0.3) is 6.08 Å². The van der Waals surface area contributed by atoms with E-state index in [9.17, 15) is 9.59 Å². The van der Waals surface area contributed by atoms with E-state index in [1.54, 1.807) is 6.07 Å². The molecule has 0 unspecified atom stereocenters. The maximum atomic E-state index is 11.5. The Labute approximate surface area is 98.8 Å². The minimum absolute atomic E-state index is 0.0101. The lowest BCUT2D eigenvalue weighted by Gasteiger charge is -2.01. The van der Waals surface area contributed by atoms with Crippen LogP contribution < -0.4 is 10.9 Å². The van der Waals surface area contributed by atoms with Gasteiger partial charge in [0.2, 0.25) is 5.56 Å². The number of H-pyrrole nitrogens is 1. The minimum atomic E-state index is -0.422. The van der Waals surface area contributed by atoms with Crippen molar-refractivity contribution in [2.24, 2.45) is 0 Å². The molecule has 1 heterocycles. The zero-order valence-corrected chi connectivity index (χ0v) is 9.49. The summed E-state index contributed by atoms with van der Waals surface area (Å²) in [7, 11) is 0. The van der Waals surface area contributed by atoms with Crippen molar-refractivity contribution in [3.63, 3.8) is 0 Å². The molecule has 0 saturated carbocycles. The topological polar surface area (TPSA) is 85.8 Å². The zero-order valence-electron chi connectivity index (χ0n) is 9.49. The summed E-state index contributed by atoms with van der Waals surface area (Å²) in [6, 6.07) is 4.76. The third kappa shape index (κ3) is 3.95. The molecule has 2 N–H and O–H groups in total. The number of nitriles is 1. The fourth-order valence-electron chi connectivity index (χ4n) is 1.20. The molecule has 1 rings (SSSR count). The maximum Gasteiger partial charge on any atom is 0.261 e. The number of nitrogens with zero attached hydrogens (tertiary/aromatic N) is 1. The van der Waals surface area contributed by atoms with E-state index < -0.39 is 5.91 Å². The standard InChI is InChI=1S/C12H13N3O2/c1-2-4-15-12(17)10(8-13)6-9-3-5-14-11(16)7-9/h3,5-7H,2,4H2,1H3,(H,14,16)(H,15,17). The summed E-state index contributed by atoms with van der Waals surface area (Å²) in [5.41, 5.74) is 0.242. The summed E-state index contributed by atoms with van der Waals surface area (Å²) in [5, 5.41) is 11.5. The van der Waals surface area contributed by atoms with E-state index in [2.05, 4.69) is 10.3 Å². The second-order valence-corrected chi connectivity index (χ2v) is 3.41. The molecule has 88 valence electrons. The van der Waals surface area contributed by atoms with E-state index in [-0.39, 0.29) is 11.1 Å². The van der Waals surface area contributed by atoms with Gasteiger partial charge in [-0.3, -0.25) is 9.59 Å². The predicted molar refractivity (Wildman–Crippen MR) is 64.0 cm³/mol. The molecule has 0 aromatic carbocycles. The van der Waals surface area contributed by atoms with Gasteiger partial charge in [0.05, 0.1) is 0 Å². The second kappa shape index (κ2) is 6.28. The lowest BCUT2D eigenvalue weighted by atomic mass is 10.1. The molecule has 0 aliphatic rings. The Morgan fingerprint density at radius 3 is 3.00 bits per heavy atom. The van der Waals surface area contributed by atoms with Crippen LogP contribution in [0.15, 0.2) is 28.7 Å². The van der Waals surface area contributed by atoms with Crippen LogP contribution >= 0.6 is 0 Å². The molecule has 1 amide bonds. The van der Waals surface area contributed by atoms with Crippen molar-refractivity contribution in [1.29, 1.82) is 5.26 Å². The summed E-state index contributed by atoms with van der Waals surface area (Å²) in [4.78, 5) is 25.0. The van der Waals surface area contributed by atoms with Crippen LogP contribution in [0, 0.1) is 11.3 Å². The number of aromatic amines is 1. The van der Waals surface area contributed by atoms with Gasteiger partial charge in [-0.1, -0.05) is 6.92 Å². The average Bonchev–Trinajstić information content (AvgIpc) is 2.33. The van der Waals surface area contributed by atoms with E-state index in [1.807, 2.05) is 13.0 Å². The Balaban J connectivity index is 2.91. The quantitative estimate of drug-likeness (QED) is 0.594. The fraction of sp³-hybridized carbons (Fsp3) is 0.250. The molecule has 1 aromatic rings. The molecule has 17 heavy (non-hydrogen) atoms. The van der Waals surface area contributed by atoms with Crippen molar-refractivity contribution in [2.75, 3.05) is 6.54 Å². The van der Waals surface area contributed by atoms with Crippen LogP contribution in [0.3, 0.4) is 0 Å². The molecule has 5 nitrogen and oxygen atoms in total. The molecule has 0 radical (unpaired) electrons. The largest absolute Gasteiger partial charge is 0.351 e. The van der Waals surface area contributed by atoms with Crippen molar-refractivity contribution in [3.05, 3.63) is 39.8 Å². The van der Waals surface area contributed by atoms with E-state index in [0.29, 0.717) is 12.1 Å². The first-order valence-electron chi connectivity index (χ1n) is 5.26. The van der Waals surface area contributed by atoms with Gasteiger partial charge in [0, 0.05) is 18.8 Å². The highest BCUT2D eigenvalue weighted by molar-refractivity contribution is 6.01. The summed E-state index contributed by atoms with van der Waals surface area (Å²) in [5.74, 6) is -0.422. The number of amides is 1. The lowest BCUT2D eigenvalue weighted by molar-refractivity contribution is -0.117. The highest BCUT2D eigenvalue weighted by Crippen LogP contribution is 2.03. The highest BCUT2D eigenvalue weighted by Gasteiger charge is 2.07. The van der Waals surface area contributed by atoms with Crippen LogP contribution in [-0.2, 0) is 4.79 Å². The Hall–Kier alpha value is -2.35. The van der Waals surface area contributed by atoms with Crippen molar-refractivity contribution in [3.8, 4) is 6.07 Å².